The van der Waals surface area contributed by atoms with E-state index in [-0.39, 0.29) is 18.4 Å². The van der Waals surface area contributed by atoms with Gasteiger partial charge in [-0.2, -0.15) is 8.78 Å². The maximum Gasteiger partial charge on any atom is 0.387 e. The van der Waals surface area contributed by atoms with Gasteiger partial charge in [-0.1, -0.05) is 18.2 Å². The summed E-state index contributed by atoms with van der Waals surface area (Å²) in [6.45, 7) is 2.66. The van der Waals surface area contributed by atoms with Crippen molar-refractivity contribution >= 4 is 5.97 Å². The maximum absolute atomic E-state index is 12.4. The van der Waals surface area contributed by atoms with Crippen molar-refractivity contribution in [2.45, 2.75) is 39.5 Å². The third kappa shape index (κ3) is 4.77. The standard InChI is InChI=1S/C14H19F2NO3/c1-4-19-13(18)12(17-9(2)3)10-7-5-6-8-11(10)20-14(15)16/h5-9,12,14,17H,4H2,1-3H3. The van der Waals surface area contributed by atoms with Gasteiger partial charge in [-0.15, -0.1) is 0 Å². The molecule has 1 rings (SSSR count). The molecular weight excluding hydrogens is 268 g/mol. The first-order chi connectivity index (χ1) is 9.45. The van der Waals surface area contributed by atoms with Crippen molar-refractivity contribution in [3.63, 3.8) is 0 Å². The summed E-state index contributed by atoms with van der Waals surface area (Å²) in [5, 5.41) is 2.99. The van der Waals surface area contributed by atoms with Crippen LogP contribution in [0.4, 0.5) is 8.78 Å². The summed E-state index contributed by atoms with van der Waals surface area (Å²) in [4.78, 5) is 12.0. The maximum atomic E-state index is 12.4. The number of halogens is 2. The molecule has 0 saturated carbocycles. The van der Waals surface area contributed by atoms with Crippen molar-refractivity contribution < 1.29 is 23.0 Å². The molecule has 6 heteroatoms. The molecule has 0 aliphatic heterocycles. The van der Waals surface area contributed by atoms with Crippen LogP contribution in [-0.4, -0.2) is 25.2 Å². The lowest BCUT2D eigenvalue weighted by Crippen LogP contribution is -2.35. The first-order valence-corrected chi connectivity index (χ1v) is 6.42. The number of para-hydroxylation sites is 1. The highest BCUT2D eigenvalue weighted by Gasteiger charge is 2.26. The van der Waals surface area contributed by atoms with Crippen molar-refractivity contribution in [2.24, 2.45) is 0 Å². The van der Waals surface area contributed by atoms with E-state index >= 15 is 0 Å². The molecule has 20 heavy (non-hydrogen) atoms. The van der Waals surface area contributed by atoms with Crippen LogP contribution in [0.5, 0.6) is 5.75 Å². The molecule has 0 radical (unpaired) electrons. The monoisotopic (exact) mass is 287 g/mol. The summed E-state index contributed by atoms with van der Waals surface area (Å²) in [6, 6.07) is 5.32. The number of benzene rings is 1. The van der Waals surface area contributed by atoms with Crippen LogP contribution >= 0.6 is 0 Å². The second-order valence-electron chi connectivity index (χ2n) is 4.42. The molecule has 0 bridgehead atoms. The van der Waals surface area contributed by atoms with Gasteiger partial charge in [-0.25, -0.2) is 4.79 Å². The normalized spacial score (nSPS) is 12.6. The Labute approximate surface area is 117 Å². The van der Waals surface area contributed by atoms with E-state index in [1.807, 2.05) is 13.8 Å². The zero-order chi connectivity index (χ0) is 15.1. The van der Waals surface area contributed by atoms with Crippen LogP contribution in [0.2, 0.25) is 0 Å². The molecule has 1 atom stereocenters. The fourth-order valence-electron chi connectivity index (χ4n) is 1.77. The Hall–Kier alpha value is -1.69. The van der Waals surface area contributed by atoms with E-state index in [1.165, 1.54) is 6.07 Å². The van der Waals surface area contributed by atoms with E-state index in [9.17, 15) is 13.6 Å². The highest BCUT2D eigenvalue weighted by molar-refractivity contribution is 5.78. The number of alkyl halides is 2. The minimum absolute atomic E-state index is 0.0241. The Morgan fingerprint density at radius 2 is 1.95 bits per heavy atom. The summed E-state index contributed by atoms with van der Waals surface area (Å²) in [6.07, 6.45) is 0. The quantitative estimate of drug-likeness (QED) is 0.783. The lowest BCUT2D eigenvalue weighted by molar-refractivity contribution is -0.146. The number of rotatable bonds is 7. The van der Waals surface area contributed by atoms with Crippen LogP contribution in [0.3, 0.4) is 0 Å². The van der Waals surface area contributed by atoms with E-state index in [1.54, 1.807) is 25.1 Å². The largest absolute Gasteiger partial charge is 0.465 e. The van der Waals surface area contributed by atoms with Crippen LogP contribution in [0.25, 0.3) is 0 Å². The third-order valence-electron chi connectivity index (χ3n) is 2.47. The number of nitrogens with one attached hydrogen (secondary N) is 1. The van der Waals surface area contributed by atoms with Gasteiger partial charge in [0, 0.05) is 11.6 Å². The molecule has 0 heterocycles. The van der Waals surface area contributed by atoms with Gasteiger partial charge in [0.1, 0.15) is 11.8 Å². The minimum atomic E-state index is -2.95. The van der Waals surface area contributed by atoms with Gasteiger partial charge >= 0.3 is 12.6 Å². The van der Waals surface area contributed by atoms with E-state index in [0.29, 0.717) is 5.56 Å². The summed E-state index contributed by atoms with van der Waals surface area (Å²) in [5.74, 6) is -0.555. The second kappa shape index (κ2) is 7.79. The Kier molecular flexibility index (Phi) is 6.38. The number of carbonyl (C=O) groups excluding carboxylic acids is 1. The van der Waals surface area contributed by atoms with E-state index in [2.05, 4.69) is 10.1 Å². The third-order valence-corrected chi connectivity index (χ3v) is 2.47. The Morgan fingerprint density at radius 1 is 1.30 bits per heavy atom. The van der Waals surface area contributed by atoms with Crippen molar-refractivity contribution in [3.8, 4) is 5.75 Å². The Bertz CT molecular complexity index is 438. The molecule has 0 aromatic heterocycles. The minimum Gasteiger partial charge on any atom is -0.465 e. The Balaban J connectivity index is 3.09. The smallest absolute Gasteiger partial charge is 0.387 e. The number of carbonyl (C=O) groups is 1. The van der Waals surface area contributed by atoms with Crippen LogP contribution in [-0.2, 0) is 9.53 Å². The first kappa shape index (κ1) is 16.4. The molecular formula is C14H19F2NO3. The van der Waals surface area contributed by atoms with Gasteiger partial charge in [0.05, 0.1) is 6.61 Å². The highest BCUT2D eigenvalue weighted by atomic mass is 19.3. The van der Waals surface area contributed by atoms with E-state index in [4.69, 9.17) is 4.74 Å². The SMILES string of the molecule is CCOC(=O)C(NC(C)C)c1ccccc1OC(F)F. The molecule has 112 valence electrons. The molecule has 0 aliphatic rings. The predicted molar refractivity (Wildman–Crippen MR) is 70.7 cm³/mol. The van der Waals surface area contributed by atoms with Crippen LogP contribution in [0, 0.1) is 0 Å². The second-order valence-corrected chi connectivity index (χ2v) is 4.42. The van der Waals surface area contributed by atoms with Crippen LogP contribution < -0.4 is 10.1 Å². The first-order valence-electron chi connectivity index (χ1n) is 6.42. The summed E-state index contributed by atoms with van der Waals surface area (Å²) < 4.78 is 34.3. The van der Waals surface area contributed by atoms with Gasteiger partial charge in [0.2, 0.25) is 0 Å². The van der Waals surface area contributed by atoms with Crippen molar-refractivity contribution in [3.05, 3.63) is 29.8 Å². The van der Waals surface area contributed by atoms with Crippen LogP contribution in [0.15, 0.2) is 24.3 Å². The zero-order valence-corrected chi connectivity index (χ0v) is 11.7. The summed E-state index contributed by atoms with van der Waals surface area (Å²) >= 11 is 0. The molecule has 0 spiro atoms. The molecule has 1 aromatic rings. The van der Waals surface area contributed by atoms with Gasteiger partial charge < -0.3 is 9.47 Å². The van der Waals surface area contributed by atoms with Crippen molar-refractivity contribution in [1.82, 2.24) is 5.32 Å². The molecule has 1 aromatic carbocycles. The molecule has 0 amide bonds. The van der Waals surface area contributed by atoms with Gasteiger partial charge in [0.15, 0.2) is 0 Å². The average Bonchev–Trinajstić information content (AvgIpc) is 2.36. The number of esters is 1. The van der Waals surface area contributed by atoms with Crippen LogP contribution in [0.1, 0.15) is 32.4 Å². The zero-order valence-electron chi connectivity index (χ0n) is 11.7. The lowest BCUT2D eigenvalue weighted by atomic mass is 10.0. The van der Waals surface area contributed by atoms with Crippen molar-refractivity contribution in [2.75, 3.05) is 6.61 Å². The molecule has 0 fully saturated rings. The number of hydrogen-bond donors (Lipinski definition) is 1. The molecule has 1 N–H and O–H groups in total. The molecule has 0 saturated heterocycles. The van der Waals surface area contributed by atoms with Gasteiger partial charge in [-0.05, 0) is 26.8 Å². The number of ether oxygens (including phenoxy) is 2. The lowest BCUT2D eigenvalue weighted by Gasteiger charge is -2.22. The Morgan fingerprint density at radius 3 is 2.50 bits per heavy atom. The summed E-state index contributed by atoms with van der Waals surface area (Å²) in [7, 11) is 0. The topological polar surface area (TPSA) is 47.6 Å². The van der Waals surface area contributed by atoms with E-state index in [0.717, 1.165) is 0 Å². The average molecular weight is 287 g/mol. The molecule has 1 unspecified atom stereocenters. The molecule has 0 aliphatic carbocycles. The van der Waals surface area contributed by atoms with E-state index < -0.39 is 18.6 Å². The van der Waals surface area contributed by atoms with Gasteiger partial charge in [-0.3, -0.25) is 5.32 Å². The summed E-state index contributed by atoms with van der Waals surface area (Å²) in [5.41, 5.74) is 0.333. The number of hydrogen-bond acceptors (Lipinski definition) is 4. The predicted octanol–water partition coefficient (Wildman–Crippen LogP) is 2.89. The van der Waals surface area contributed by atoms with Gasteiger partial charge in [0.25, 0.3) is 0 Å². The fraction of sp³-hybridized carbons (Fsp3) is 0.500. The fourth-order valence-corrected chi connectivity index (χ4v) is 1.77. The van der Waals surface area contributed by atoms with Crippen molar-refractivity contribution in [1.29, 1.82) is 0 Å². The molecule has 4 nitrogen and oxygen atoms in total. The highest BCUT2D eigenvalue weighted by Crippen LogP contribution is 2.27.